The summed E-state index contributed by atoms with van der Waals surface area (Å²) in [6.45, 7) is 3.87. The summed E-state index contributed by atoms with van der Waals surface area (Å²) in [6, 6.07) is 7.22. The van der Waals surface area contributed by atoms with E-state index in [0.29, 0.717) is 12.2 Å². The molecule has 2 aromatic rings. The van der Waals surface area contributed by atoms with Crippen LogP contribution in [0.1, 0.15) is 43.4 Å². The first-order valence-corrected chi connectivity index (χ1v) is 7.79. The van der Waals surface area contributed by atoms with Crippen LogP contribution in [0, 0.1) is 5.92 Å². The second-order valence-electron chi connectivity index (χ2n) is 6.28. The van der Waals surface area contributed by atoms with Crippen LogP contribution in [-0.4, -0.2) is 15.7 Å². The Morgan fingerprint density at radius 2 is 2.00 bits per heavy atom. The Morgan fingerprint density at radius 3 is 2.67 bits per heavy atom. The van der Waals surface area contributed by atoms with E-state index in [1.165, 1.54) is 12.1 Å². The number of halogens is 3. The zero-order valence-electron chi connectivity index (χ0n) is 13.3. The predicted molar refractivity (Wildman–Crippen MR) is 83.5 cm³/mol. The topological polar surface area (TPSA) is 46.9 Å². The van der Waals surface area contributed by atoms with E-state index in [4.69, 9.17) is 0 Å². The number of nitrogens with one attached hydrogen (secondary N) is 1. The highest BCUT2D eigenvalue weighted by molar-refractivity contribution is 5.94. The fraction of sp³-hybridized carbons (Fsp3) is 0.412. The molecule has 0 aliphatic heterocycles. The number of amides is 1. The first-order chi connectivity index (χ1) is 11.3. The molecule has 24 heavy (non-hydrogen) atoms. The largest absolute Gasteiger partial charge is 0.416 e. The standard InChI is InChI=1S/C17H18F3N3O/c1-10(2)23-15(7-8-21-23)22-16(24)13-9-12(13)11-5-3-4-6-14(11)17(18,19)20/h3-8,10,12-13H,9H2,1-2H3,(H,22,24). The van der Waals surface area contributed by atoms with Crippen molar-refractivity contribution in [1.29, 1.82) is 0 Å². The first-order valence-electron chi connectivity index (χ1n) is 7.79. The zero-order valence-corrected chi connectivity index (χ0v) is 13.3. The summed E-state index contributed by atoms with van der Waals surface area (Å²) in [5, 5.41) is 6.90. The maximum atomic E-state index is 13.1. The zero-order chi connectivity index (χ0) is 17.5. The molecule has 1 N–H and O–H groups in total. The molecule has 4 nitrogen and oxygen atoms in total. The molecule has 0 bridgehead atoms. The summed E-state index contributed by atoms with van der Waals surface area (Å²) in [6.07, 6.45) is -2.40. The van der Waals surface area contributed by atoms with Crippen LogP contribution in [0.2, 0.25) is 0 Å². The molecule has 0 spiro atoms. The van der Waals surface area contributed by atoms with Gasteiger partial charge in [-0.1, -0.05) is 18.2 Å². The van der Waals surface area contributed by atoms with E-state index in [9.17, 15) is 18.0 Å². The lowest BCUT2D eigenvalue weighted by atomic mass is 10.0. The SMILES string of the molecule is CC(C)n1nccc1NC(=O)C1CC1c1ccccc1C(F)(F)F. The molecule has 1 aliphatic carbocycles. The molecular weight excluding hydrogens is 319 g/mol. The van der Waals surface area contributed by atoms with Crippen molar-refractivity contribution in [2.75, 3.05) is 5.32 Å². The molecule has 1 aromatic carbocycles. The van der Waals surface area contributed by atoms with Crippen molar-refractivity contribution in [2.24, 2.45) is 5.92 Å². The van der Waals surface area contributed by atoms with Crippen LogP contribution < -0.4 is 5.32 Å². The van der Waals surface area contributed by atoms with Crippen LogP contribution in [0.5, 0.6) is 0 Å². The molecular formula is C17H18F3N3O. The van der Waals surface area contributed by atoms with Crippen LogP contribution in [-0.2, 0) is 11.0 Å². The van der Waals surface area contributed by atoms with Crippen LogP contribution in [0.3, 0.4) is 0 Å². The molecule has 1 heterocycles. The Bertz CT molecular complexity index is 752. The Kier molecular flexibility index (Phi) is 4.11. The first kappa shape index (κ1) is 16.5. The average molecular weight is 337 g/mol. The number of aromatic nitrogens is 2. The highest BCUT2D eigenvalue weighted by Crippen LogP contribution is 2.51. The molecule has 1 amide bonds. The minimum atomic E-state index is -4.41. The number of carbonyl (C=O) groups is 1. The molecule has 7 heteroatoms. The second-order valence-corrected chi connectivity index (χ2v) is 6.28. The number of hydrogen-bond donors (Lipinski definition) is 1. The van der Waals surface area contributed by atoms with Crippen molar-refractivity contribution in [3.8, 4) is 0 Å². The Labute approximate surface area is 137 Å². The summed E-state index contributed by atoms with van der Waals surface area (Å²) in [5.74, 6) is -0.536. The third-order valence-electron chi connectivity index (χ3n) is 4.20. The van der Waals surface area contributed by atoms with E-state index < -0.39 is 23.6 Å². The quantitative estimate of drug-likeness (QED) is 0.908. The summed E-state index contributed by atoms with van der Waals surface area (Å²) in [7, 11) is 0. The summed E-state index contributed by atoms with van der Waals surface area (Å²) >= 11 is 0. The smallest absolute Gasteiger partial charge is 0.311 e. The fourth-order valence-corrected chi connectivity index (χ4v) is 2.95. The summed E-state index contributed by atoms with van der Waals surface area (Å²) in [4.78, 5) is 12.4. The number of nitrogens with zero attached hydrogens (tertiary/aromatic N) is 2. The van der Waals surface area contributed by atoms with Gasteiger partial charge < -0.3 is 5.32 Å². The van der Waals surface area contributed by atoms with Gasteiger partial charge in [0.2, 0.25) is 5.91 Å². The number of rotatable bonds is 4. The van der Waals surface area contributed by atoms with Crippen molar-refractivity contribution < 1.29 is 18.0 Å². The van der Waals surface area contributed by atoms with Crippen LogP contribution in [0.4, 0.5) is 19.0 Å². The number of benzene rings is 1. The molecule has 1 fully saturated rings. The van der Waals surface area contributed by atoms with Gasteiger partial charge in [-0.25, -0.2) is 4.68 Å². The molecule has 3 rings (SSSR count). The van der Waals surface area contributed by atoms with Gasteiger partial charge in [0, 0.05) is 18.0 Å². The predicted octanol–water partition coefficient (Wildman–Crippen LogP) is 4.23. The Morgan fingerprint density at radius 1 is 1.29 bits per heavy atom. The van der Waals surface area contributed by atoms with Crippen LogP contribution >= 0.6 is 0 Å². The maximum absolute atomic E-state index is 13.1. The van der Waals surface area contributed by atoms with Gasteiger partial charge in [0.1, 0.15) is 5.82 Å². The number of hydrogen-bond acceptors (Lipinski definition) is 2. The van der Waals surface area contributed by atoms with Gasteiger partial charge in [0.25, 0.3) is 0 Å². The van der Waals surface area contributed by atoms with Gasteiger partial charge in [-0.2, -0.15) is 18.3 Å². The highest BCUT2D eigenvalue weighted by atomic mass is 19.4. The monoisotopic (exact) mass is 337 g/mol. The van der Waals surface area contributed by atoms with E-state index in [1.54, 1.807) is 23.0 Å². The molecule has 0 radical (unpaired) electrons. The Hall–Kier alpha value is -2.31. The molecule has 2 atom stereocenters. The number of carbonyl (C=O) groups excluding carboxylic acids is 1. The van der Waals surface area contributed by atoms with E-state index >= 15 is 0 Å². The van der Waals surface area contributed by atoms with Crippen LogP contribution in [0.25, 0.3) is 0 Å². The van der Waals surface area contributed by atoms with Crippen LogP contribution in [0.15, 0.2) is 36.5 Å². The van der Waals surface area contributed by atoms with E-state index in [2.05, 4.69) is 10.4 Å². The van der Waals surface area contributed by atoms with Crippen molar-refractivity contribution in [2.45, 2.75) is 38.4 Å². The highest BCUT2D eigenvalue weighted by Gasteiger charge is 2.48. The lowest BCUT2D eigenvalue weighted by molar-refractivity contribution is -0.138. The number of alkyl halides is 3. The summed E-state index contributed by atoms with van der Waals surface area (Å²) in [5.41, 5.74) is -0.458. The Balaban J connectivity index is 1.74. The minimum Gasteiger partial charge on any atom is -0.311 e. The van der Waals surface area contributed by atoms with E-state index in [1.807, 2.05) is 13.8 Å². The molecule has 0 saturated heterocycles. The van der Waals surface area contributed by atoms with Crippen molar-refractivity contribution in [3.63, 3.8) is 0 Å². The van der Waals surface area contributed by atoms with Gasteiger partial charge in [-0.05, 0) is 37.8 Å². The normalized spacial score (nSPS) is 20.2. The van der Waals surface area contributed by atoms with Gasteiger partial charge in [0.05, 0.1) is 11.8 Å². The van der Waals surface area contributed by atoms with Crippen molar-refractivity contribution in [1.82, 2.24) is 9.78 Å². The molecule has 128 valence electrons. The lowest BCUT2D eigenvalue weighted by Crippen LogP contribution is -2.19. The second kappa shape index (κ2) is 5.96. The van der Waals surface area contributed by atoms with Gasteiger partial charge in [-0.15, -0.1) is 0 Å². The third-order valence-corrected chi connectivity index (χ3v) is 4.20. The number of anilines is 1. The van der Waals surface area contributed by atoms with E-state index in [0.717, 1.165) is 6.07 Å². The van der Waals surface area contributed by atoms with Gasteiger partial charge >= 0.3 is 6.18 Å². The maximum Gasteiger partial charge on any atom is 0.416 e. The molecule has 1 aromatic heterocycles. The molecule has 2 unspecified atom stereocenters. The lowest BCUT2D eigenvalue weighted by Gasteiger charge is -2.13. The third kappa shape index (κ3) is 3.16. The van der Waals surface area contributed by atoms with Gasteiger partial charge in [0.15, 0.2) is 0 Å². The van der Waals surface area contributed by atoms with Crippen molar-refractivity contribution in [3.05, 3.63) is 47.7 Å². The molecule has 1 aliphatic rings. The van der Waals surface area contributed by atoms with Gasteiger partial charge in [-0.3, -0.25) is 4.79 Å². The average Bonchev–Trinajstić information content (AvgIpc) is 3.18. The molecule has 1 saturated carbocycles. The fourth-order valence-electron chi connectivity index (χ4n) is 2.95. The van der Waals surface area contributed by atoms with Crippen molar-refractivity contribution >= 4 is 11.7 Å². The summed E-state index contributed by atoms with van der Waals surface area (Å²) < 4.78 is 41.0. The van der Waals surface area contributed by atoms with E-state index in [-0.39, 0.29) is 17.5 Å². The minimum absolute atomic E-state index is 0.0799.